The molecule has 4 rings (SSSR count). The molecule has 11 heteroatoms. The fraction of sp³-hybridized carbons (Fsp3) is 0.308. The molecule has 0 saturated heterocycles. The van der Waals surface area contributed by atoms with Gasteiger partial charge in [-0.3, -0.25) is 4.79 Å². The fourth-order valence-electron chi connectivity index (χ4n) is 4.32. The topological polar surface area (TPSA) is 113 Å². The number of halogens is 2. The van der Waals surface area contributed by atoms with Crippen LogP contribution in [-0.4, -0.2) is 60.5 Å². The molecule has 2 aromatic carbocycles. The number of carbonyl (C=O) groups is 2. The molecule has 9 nitrogen and oxygen atoms in total. The Bertz CT molecular complexity index is 1350. The summed E-state index contributed by atoms with van der Waals surface area (Å²) in [5.41, 5.74) is 8.85. The summed E-state index contributed by atoms with van der Waals surface area (Å²) in [5.74, 6) is -1.04. The average molecular weight is 527 g/mol. The number of quaternary nitrogens is 1. The number of nitrogens with zero attached hydrogens (tertiary/aromatic N) is 4. The summed E-state index contributed by atoms with van der Waals surface area (Å²) in [4.78, 5) is 36.4. The lowest BCUT2D eigenvalue weighted by atomic mass is 10.0. The monoisotopic (exact) mass is 526 g/mol. The molecule has 0 fully saturated rings. The van der Waals surface area contributed by atoms with Gasteiger partial charge in [0, 0.05) is 31.8 Å². The summed E-state index contributed by atoms with van der Waals surface area (Å²) in [5, 5.41) is 5.56. The molecule has 0 spiro atoms. The van der Waals surface area contributed by atoms with Crippen LogP contribution in [0.3, 0.4) is 0 Å². The third-order valence-corrected chi connectivity index (χ3v) is 6.92. The van der Waals surface area contributed by atoms with Gasteiger partial charge in [0.1, 0.15) is 16.5 Å². The van der Waals surface area contributed by atoms with Crippen LogP contribution in [0.1, 0.15) is 28.4 Å². The maximum absolute atomic E-state index is 14.8. The van der Waals surface area contributed by atoms with Gasteiger partial charge < -0.3 is 21.3 Å². The third-order valence-electron chi connectivity index (χ3n) is 6.64. The van der Waals surface area contributed by atoms with Crippen LogP contribution in [0.2, 0.25) is 5.02 Å². The summed E-state index contributed by atoms with van der Waals surface area (Å²) in [6.45, 7) is 4.00. The molecule has 0 aliphatic carbocycles. The first-order chi connectivity index (χ1) is 17.6. The van der Waals surface area contributed by atoms with Crippen molar-refractivity contribution in [3.8, 4) is 0 Å². The van der Waals surface area contributed by atoms with Crippen LogP contribution in [0.5, 0.6) is 0 Å². The predicted octanol–water partition coefficient (Wildman–Crippen LogP) is 4.14. The molecular formula is C26H30ClFN7O2+. The van der Waals surface area contributed by atoms with Gasteiger partial charge in [0.15, 0.2) is 5.82 Å². The number of urea groups is 1. The minimum Gasteiger partial charge on any atom is -0.352 e. The van der Waals surface area contributed by atoms with E-state index in [1.165, 1.54) is 30.0 Å². The number of hydrogen-bond donors (Lipinski definition) is 3. The SMILES string of the molecule is CCNC(=O)c1cccc(F)c1Nc1nc([N+](C)(C(N)=O)c2ccc3c(c2)CCN(C)CC3)ncc1Cl. The Morgan fingerprint density at radius 3 is 2.62 bits per heavy atom. The minimum absolute atomic E-state index is 0.0318. The summed E-state index contributed by atoms with van der Waals surface area (Å²) >= 11 is 6.36. The van der Waals surface area contributed by atoms with Crippen LogP contribution < -0.4 is 20.9 Å². The molecule has 1 aromatic heterocycles. The minimum atomic E-state index is -0.701. The molecule has 0 saturated carbocycles. The molecule has 4 N–H and O–H groups in total. The Balaban J connectivity index is 1.77. The highest BCUT2D eigenvalue weighted by Gasteiger charge is 2.40. The molecule has 1 unspecified atom stereocenters. The number of fused-ring (bicyclic) bond motifs is 1. The van der Waals surface area contributed by atoms with Crippen molar-refractivity contribution in [3.05, 3.63) is 70.1 Å². The van der Waals surface area contributed by atoms with E-state index in [1.807, 2.05) is 18.2 Å². The number of likely N-dealkylation sites (N-methyl/N-ethyl adjacent to an activating group) is 1. The smallest absolute Gasteiger partial charge is 0.352 e. The number of amides is 3. The number of nitrogens with two attached hydrogens (primary N) is 1. The first kappa shape index (κ1) is 26.5. The van der Waals surface area contributed by atoms with Gasteiger partial charge in [-0.05, 0) is 50.1 Å². The Morgan fingerprint density at radius 2 is 1.92 bits per heavy atom. The van der Waals surface area contributed by atoms with Gasteiger partial charge in [0.25, 0.3) is 5.91 Å². The Hall–Kier alpha value is -3.60. The van der Waals surface area contributed by atoms with Crippen LogP contribution in [-0.2, 0) is 12.8 Å². The second-order valence-electron chi connectivity index (χ2n) is 9.11. The van der Waals surface area contributed by atoms with Gasteiger partial charge in [-0.25, -0.2) is 9.18 Å². The van der Waals surface area contributed by atoms with E-state index in [0.29, 0.717) is 12.2 Å². The van der Waals surface area contributed by atoms with Crippen molar-refractivity contribution in [1.82, 2.24) is 24.7 Å². The number of rotatable bonds is 6. The van der Waals surface area contributed by atoms with Crippen molar-refractivity contribution >= 4 is 46.7 Å². The number of carbonyl (C=O) groups excluding carboxylic acids is 2. The second-order valence-corrected chi connectivity index (χ2v) is 9.52. The molecule has 1 aliphatic heterocycles. The van der Waals surface area contributed by atoms with Crippen molar-refractivity contribution < 1.29 is 14.0 Å². The molecule has 1 aliphatic rings. The molecule has 0 radical (unpaired) electrons. The highest BCUT2D eigenvalue weighted by molar-refractivity contribution is 6.33. The molecule has 0 bridgehead atoms. The van der Waals surface area contributed by atoms with Gasteiger partial charge >= 0.3 is 12.0 Å². The van der Waals surface area contributed by atoms with Crippen LogP contribution in [0.4, 0.5) is 32.3 Å². The molecule has 1 atom stereocenters. The van der Waals surface area contributed by atoms with E-state index in [2.05, 4.69) is 32.5 Å². The lowest BCUT2D eigenvalue weighted by Crippen LogP contribution is -2.50. The number of para-hydroxylation sites is 1. The summed E-state index contributed by atoms with van der Waals surface area (Å²) < 4.78 is 14.3. The maximum atomic E-state index is 14.8. The van der Waals surface area contributed by atoms with E-state index in [-0.39, 0.29) is 28.0 Å². The zero-order valence-electron chi connectivity index (χ0n) is 21.0. The van der Waals surface area contributed by atoms with Crippen molar-refractivity contribution in [1.29, 1.82) is 0 Å². The predicted molar refractivity (Wildman–Crippen MR) is 143 cm³/mol. The van der Waals surface area contributed by atoms with E-state index in [1.54, 1.807) is 14.0 Å². The highest BCUT2D eigenvalue weighted by atomic mass is 35.5. The quantitative estimate of drug-likeness (QED) is 0.416. The largest absolute Gasteiger partial charge is 0.426 e. The first-order valence-electron chi connectivity index (χ1n) is 12.0. The van der Waals surface area contributed by atoms with Crippen molar-refractivity contribution in [2.24, 2.45) is 5.73 Å². The number of hydrogen-bond acceptors (Lipinski definition) is 6. The summed E-state index contributed by atoms with van der Waals surface area (Å²) in [6, 6.07) is 9.28. The fourth-order valence-corrected chi connectivity index (χ4v) is 4.46. The Kier molecular flexibility index (Phi) is 7.72. The number of aromatic nitrogens is 2. The van der Waals surface area contributed by atoms with Gasteiger partial charge in [0.2, 0.25) is 0 Å². The first-order valence-corrected chi connectivity index (χ1v) is 12.4. The zero-order valence-corrected chi connectivity index (χ0v) is 21.8. The maximum Gasteiger partial charge on any atom is 0.426 e. The summed E-state index contributed by atoms with van der Waals surface area (Å²) in [6.07, 6.45) is 3.06. The molecule has 3 amide bonds. The number of benzene rings is 2. The molecular weight excluding hydrogens is 497 g/mol. The Labute approximate surface area is 220 Å². The van der Waals surface area contributed by atoms with Crippen molar-refractivity contribution in [2.45, 2.75) is 19.8 Å². The van der Waals surface area contributed by atoms with E-state index in [0.717, 1.165) is 31.5 Å². The van der Waals surface area contributed by atoms with E-state index >= 15 is 0 Å². The number of nitrogens with one attached hydrogen (secondary N) is 2. The van der Waals surface area contributed by atoms with Gasteiger partial charge in [0.05, 0.1) is 24.5 Å². The lowest BCUT2D eigenvalue weighted by molar-refractivity contribution is 0.0956. The number of primary amides is 1. The lowest BCUT2D eigenvalue weighted by Gasteiger charge is -2.27. The molecule has 37 heavy (non-hydrogen) atoms. The van der Waals surface area contributed by atoms with E-state index < -0.39 is 22.2 Å². The average Bonchev–Trinajstić information content (AvgIpc) is 3.06. The van der Waals surface area contributed by atoms with Crippen molar-refractivity contribution in [3.63, 3.8) is 0 Å². The third kappa shape index (κ3) is 5.27. The second kappa shape index (κ2) is 10.8. The molecule has 2 heterocycles. The van der Waals surface area contributed by atoms with E-state index in [4.69, 9.17) is 17.3 Å². The van der Waals surface area contributed by atoms with Gasteiger partial charge in [-0.15, -0.1) is 4.48 Å². The molecule has 3 aromatic rings. The van der Waals surface area contributed by atoms with Crippen molar-refractivity contribution in [2.75, 3.05) is 39.0 Å². The highest BCUT2D eigenvalue weighted by Crippen LogP contribution is 2.35. The molecule has 194 valence electrons. The van der Waals surface area contributed by atoms with Crippen LogP contribution in [0.25, 0.3) is 0 Å². The number of anilines is 2. The van der Waals surface area contributed by atoms with Crippen LogP contribution in [0.15, 0.2) is 42.6 Å². The van der Waals surface area contributed by atoms with Crippen LogP contribution >= 0.6 is 11.6 Å². The Morgan fingerprint density at radius 1 is 1.19 bits per heavy atom. The van der Waals surface area contributed by atoms with E-state index in [9.17, 15) is 14.0 Å². The van der Waals surface area contributed by atoms with Crippen LogP contribution in [0, 0.1) is 5.82 Å². The zero-order chi connectivity index (χ0) is 26.7. The normalized spacial score (nSPS) is 15.3. The van der Waals surface area contributed by atoms with Gasteiger partial charge in [-0.2, -0.15) is 9.97 Å². The summed E-state index contributed by atoms with van der Waals surface area (Å²) in [7, 11) is 3.68. The van der Waals surface area contributed by atoms with Gasteiger partial charge in [-0.1, -0.05) is 23.7 Å². The standard InChI is InChI=1S/C26H29ClFN7O2/c1-4-30-24(36)19-6-5-7-21(28)22(19)32-23-20(27)15-31-26(33-23)35(3,25(29)37)18-9-8-16-10-12-34(2)13-11-17(16)14-18/h5-9,14-15H,4,10-13H2,1-3H3,(H3-,29,30,31,32,33,36,37)/p+1.